The van der Waals surface area contributed by atoms with Crippen molar-refractivity contribution in [1.29, 1.82) is 0 Å². The van der Waals surface area contributed by atoms with Gasteiger partial charge in [0.25, 0.3) is 0 Å². The zero-order chi connectivity index (χ0) is 13.6. The third kappa shape index (κ3) is 1.48. The lowest BCUT2D eigenvalue weighted by Gasteiger charge is -2.19. The number of esters is 1. The summed E-state index contributed by atoms with van der Waals surface area (Å²) in [6, 6.07) is 17.0. The number of ether oxygens (including phenoxy) is 1. The molecule has 98 valence electrons. The van der Waals surface area contributed by atoms with Crippen LogP contribution in [0.2, 0.25) is 0 Å². The molecule has 1 spiro atoms. The molecule has 4 nitrogen and oxygen atoms in total. The minimum Gasteiger partial charge on any atom is -0.412 e. The van der Waals surface area contributed by atoms with E-state index >= 15 is 0 Å². The van der Waals surface area contributed by atoms with E-state index in [1.165, 1.54) is 0 Å². The molecule has 0 aromatic heterocycles. The predicted octanol–water partition coefficient (Wildman–Crippen LogP) is 2.83. The van der Waals surface area contributed by atoms with Crippen molar-refractivity contribution in [1.82, 2.24) is 0 Å². The van der Waals surface area contributed by atoms with Crippen LogP contribution < -0.4 is 0 Å². The molecule has 0 N–H and O–H groups in total. The van der Waals surface area contributed by atoms with Gasteiger partial charge in [0, 0.05) is 0 Å². The topological polar surface area (TPSA) is 47.9 Å². The molecule has 0 unspecified atom stereocenters. The molecule has 2 heterocycles. The summed E-state index contributed by atoms with van der Waals surface area (Å²) in [5.41, 5.74) is 3.07. The lowest BCUT2D eigenvalue weighted by molar-refractivity contribution is -0.186. The number of carbonyl (C=O) groups excluding carboxylic acids is 1. The molecule has 0 bridgehead atoms. The largest absolute Gasteiger partial charge is 0.412 e. The smallest absolute Gasteiger partial charge is 0.342 e. The maximum atomic E-state index is 11.9. The summed E-state index contributed by atoms with van der Waals surface area (Å²) in [7, 11) is 0. The van der Waals surface area contributed by atoms with Gasteiger partial charge < -0.3 is 9.57 Å². The number of hydrogen-bond acceptors (Lipinski definition) is 4. The second kappa shape index (κ2) is 3.93. The van der Waals surface area contributed by atoms with Crippen molar-refractivity contribution in [2.75, 3.05) is 0 Å². The first-order valence-corrected chi connectivity index (χ1v) is 6.42. The summed E-state index contributed by atoms with van der Waals surface area (Å²) < 4.78 is 5.46. The van der Waals surface area contributed by atoms with Gasteiger partial charge >= 0.3 is 11.8 Å². The molecule has 0 radical (unpaired) electrons. The summed E-state index contributed by atoms with van der Waals surface area (Å²) in [5.74, 6) is -1.44. The molecule has 0 fully saturated rings. The van der Waals surface area contributed by atoms with Crippen LogP contribution in [0.3, 0.4) is 0 Å². The second-order valence-corrected chi connectivity index (χ2v) is 4.86. The van der Waals surface area contributed by atoms with Crippen molar-refractivity contribution >= 4 is 11.7 Å². The number of oxime groups is 1. The zero-order valence-electron chi connectivity index (χ0n) is 10.6. The summed E-state index contributed by atoms with van der Waals surface area (Å²) in [4.78, 5) is 17.4. The Morgan fingerprint density at radius 1 is 1.00 bits per heavy atom. The van der Waals surface area contributed by atoms with Crippen LogP contribution in [0.4, 0.5) is 0 Å². The van der Waals surface area contributed by atoms with Gasteiger partial charge in [-0.1, -0.05) is 53.7 Å². The van der Waals surface area contributed by atoms with E-state index < -0.39 is 5.79 Å². The van der Waals surface area contributed by atoms with Crippen LogP contribution in [-0.4, -0.2) is 11.7 Å². The zero-order valence-corrected chi connectivity index (χ0v) is 10.6. The van der Waals surface area contributed by atoms with Crippen molar-refractivity contribution in [3.63, 3.8) is 0 Å². The van der Waals surface area contributed by atoms with Gasteiger partial charge in [0.05, 0.1) is 23.3 Å². The Morgan fingerprint density at radius 2 is 1.75 bits per heavy atom. The summed E-state index contributed by atoms with van der Waals surface area (Å²) in [6.07, 6.45) is 0.430. The first kappa shape index (κ1) is 11.2. The number of hydrogen-bond donors (Lipinski definition) is 0. The fourth-order valence-electron chi connectivity index (χ4n) is 2.65. The van der Waals surface area contributed by atoms with E-state index in [0.717, 1.165) is 16.8 Å². The molecule has 2 aromatic rings. The van der Waals surface area contributed by atoms with E-state index in [4.69, 9.17) is 9.57 Å². The Kier molecular flexibility index (Phi) is 2.21. The summed E-state index contributed by atoms with van der Waals surface area (Å²) in [6.45, 7) is 0. The van der Waals surface area contributed by atoms with Crippen LogP contribution in [-0.2, 0) is 15.4 Å². The molecule has 4 rings (SSSR count). The van der Waals surface area contributed by atoms with Gasteiger partial charge in [-0.25, -0.2) is 4.79 Å². The minimum absolute atomic E-state index is 0.356. The molecule has 0 amide bonds. The molecule has 20 heavy (non-hydrogen) atoms. The van der Waals surface area contributed by atoms with Gasteiger partial charge in [-0.15, -0.1) is 0 Å². The minimum atomic E-state index is -1.08. The molecule has 2 aliphatic heterocycles. The molecule has 2 aliphatic rings. The van der Waals surface area contributed by atoms with Crippen molar-refractivity contribution < 1.29 is 14.4 Å². The van der Waals surface area contributed by atoms with E-state index in [-0.39, 0.29) is 5.97 Å². The fourth-order valence-corrected chi connectivity index (χ4v) is 2.65. The molecule has 4 heteroatoms. The molecule has 0 saturated carbocycles. The quantitative estimate of drug-likeness (QED) is 0.745. The van der Waals surface area contributed by atoms with E-state index in [0.29, 0.717) is 12.0 Å². The van der Waals surface area contributed by atoms with Gasteiger partial charge in [0.15, 0.2) is 0 Å². The maximum Gasteiger partial charge on any atom is 0.342 e. The van der Waals surface area contributed by atoms with Crippen LogP contribution >= 0.6 is 0 Å². The average Bonchev–Trinajstić information content (AvgIpc) is 3.04. The Balaban J connectivity index is 1.72. The van der Waals surface area contributed by atoms with Crippen LogP contribution in [0.1, 0.15) is 27.9 Å². The maximum absolute atomic E-state index is 11.9. The number of benzene rings is 2. The average molecular weight is 265 g/mol. The normalized spacial score (nSPS) is 23.2. The lowest BCUT2D eigenvalue weighted by Crippen LogP contribution is -2.26. The van der Waals surface area contributed by atoms with E-state index in [1.807, 2.05) is 48.5 Å². The Labute approximate surface area is 115 Å². The summed E-state index contributed by atoms with van der Waals surface area (Å²) in [5, 5.41) is 4.11. The van der Waals surface area contributed by atoms with E-state index in [1.54, 1.807) is 6.07 Å². The Morgan fingerprint density at radius 3 is 2.60 bits per heavy atom. The van der Waals surface area contributed by atoms with Gasteiger partial charge in [0.2, 0.25) is 0 Å². The van der Waals surface area contributed by atoms with E-state index in [2.05, 4.69) is 5.16 Å². The molecule has 0 aliphatic carbocycles. The van der Waals surface area contributed by atoms with Crippen molar-refractivity contribution in [2.45, 2.75) is 12.2 Å². The van der Waals surface area contributed by atoms with Crippen LogP contribution in [0.15, 0.2) is 59.8 Å². The highest BCUT2D eigenvalue weighted by atomic mass is 16.8. The molecular weight excluding hydrogens is 254 g/mol. The number of nitrogens with zero attached hydrogens (tertiary/aromatic N) is 1. The van der Waals surface area contributed by atoms with Crippen molar-refractivity contribution in [3.8, 4) is 0 Å². The van der Waals surface area contributed by atoms with Crippen LogP contribution in [0.5, 0.6) is 0 Å². The highest BCUT2D eigenvalue weighted by molar-refractivity contribution is 6.03. The standard InChI is InChI=1S/C16H11NO3/c18-15-12-8-4-5-9-13(12)16(19-15)10-14(17-20-16)11-6-2-1-3-7-11/h1-9H,10H2/t16-/m1/s1. The van der Waals surface area contributed by atoms with Gasteiger partial charge in [-0.3, -0.25) is 0 Å². The van der Waals surface area contributed by atoms with Crippen molar-refractivity contribution in [2.24, 2.45) is 5.16 Å². The number of rotatable bonds is 1. The Hall–Kier alpha value is -2.62. The third-order valence-electron chi connectivity index (χ3n) is 3.63. The number of fused-ring (bicyclic) bond motifs is 2. The predicted molar refractivity (Wildman–Crippen MR) is 72.2 cm³/mol. The molecule has 2 aromatic carbocycles. The van der Waals surface area contributed by atoms with Gasteiger partial charge in [-0.05, 0) is 11.6 Å². The molecule has 1 atom stereocenters. The monoisotopic (exact) mass is 265 g/mol. The van der Waals surface area contributed by atoms with Gasteiger partial charge in [-0.2, -0.15) is 0 Å². The SMILES string of the molecule is O=C1O[C@@]2(CC(c3ccccc3)=NO2)c2ccccc21. The highest BCUT2D eigenvalue weighted by Gasteiger charge is 2.52. The first-order valence-electron chi connectivity index (χ1n) is 6.42. The van der Waals surface area contributed by atoms with Gasteiger partial charge in [0.1, 0.15) is 0 Å². The highest BCUT2D eigenvalue weighted by Crippen LogP contribution is 2.44. The summed E-state index contributed by atoms with van der Waals surface area (Å²) >= 11 is 0. The van der Waals surface area contributed by atoms with Crippen LogP contribution in [0.25, 0.3) is 0 Å². The fraction of sp³-hybridized carbons (Fsp3) is 0.125. The number of carbonyl (C=O) groups is 1. The molecular formula is C16H11NO3. The second-order valence-electron chi connectivity index (χ2n) is 4.86. The third-order valence-corrected chi connectivity index (χ3v) is 3.63. The molecule has 0 saturated heterocycles. The Bertz CT molecular complexity index is 724. The lowest BCUT2D eigenvalue weighted by atomic mass is 9.96. The first-order chi connectivity index (χ1) is 9.78. The van der Waals surface area contributed by atoms with E-state index in [9.17, 15) is 4.79 Å². The van der Waals surface area contributed by atoms with Crippen LogP contribution in [0, 0.1) is 0 Å². The van der Waals surface area contributed by atoms with Crippen molar-refractivity contribution in [3.05, 3.63) is 71.3 Å².